The van der Waals surface area contributed by atoms with Crippen LogP contribution < -0.4 is 5.32 Å². The Labute approximate surface area is 100 Å². The Kier molecular flexibility index (Phi) is 3.42. The van der Waals surface area contributed by atoms with E-state index >= 15 is 0 Å². The lowest BCUT2D eigenvalue weighted by molar-refractivity contribution is 1.14. The molecule has 0 spiro atoms. The van der Waals surface area contributed by atoms with Crippen molar-refractivity contribution < 1.29 is 0 Å². The molecule has 16 heavy (non-hydrogen) atoms. The first-order valence-electron chi connectivity index (χ1n) is 5.26. The summed E-state index contributed by atoms with van der Waals surface area (Å²) in [5, 5.41) is 3.70. The van der Waals surface area contributed by atoms with Crippen LogP contribution in [0.2, 0.25) is 5.15 Å². The number of nitrogens with zero attached hydrogens (tertiary/aromatic N) is 1. The van der Waals surface area contributed by atoms with Gasteiger partial charge in [-0.3, -0.25) is 0 Å². The maximum Gasteiger partial charge on any atom is 0.132 e. The molecule has 0 aliphatic heterocycles. The fraction of sp³-hybridized carbons (Fsp3) is 0.154. The van der Waals surface area contributed by atoms with Crippen molar-refractivity contribution >= 4 is 23.1 Å². The van der Waals surface area contributed by atoms with Crippen molar-refractivity contribution in [1.82, 2.24) is 4.98 Å². The molecule has 2 rings (SSSR count). The highest BCUT2D eigenvalue weighted by atomic mass is 35.5. The first-order valence-corrected chi connectivity index (χ1v) is 5.64. The number of aromatic nitrogens is 1. The lowest BCUT2D eigenvalue weighted by Crippen LogP contribution is -1.93. The lowest BCUT2D eigenvalue weighted by atomic mass is 10.1. The Balaban J connectivity index is 2.14. The maximum absolute atomic E-state index is 5.81. The Morgan fingerprint density at radius 2 is 1.88 bits per heavy atom. The van der Waals surface area contributed by atoms with E-state index in [1.165, 1.54) is 5.56 Å². The quantitative estimate of drug-likeness (QED) is 0.808. The van der Waals surface area contributed by atoms with Crippen molar-refractivity contribution in [2.75, 3.05) is 5.32 Å². The fourth-order valence-electron chi connectivity index (χ4n) is 1.45. The zero-order valence-electron chi connectivity index (χ0n) is 9.07. The van der Waals surface area contributed by atoms with Crippen LogP contribution in [-0.4, -0.2) is 4.98 Å². The van der Waals surface area contributed by atoms with Crippen molar-refractivity contribution in [3.63, 3.8) is 0 Å². The largest absolute Gasteiger partial charge is 0.340 e. The molecule has 2 aromatic rings. The number of hydrogen-bond acceptors (Lipinski definition) is 2. The fourth-order valence-corrected chi connectivity index (χ4v) is 1.61. The summed E-state index contributed by atoms with van der Waals surface area (Å²) >= 11 is 5.81. The van der Waals surface area contributed by atoms with E-state index in [-0.39, 0.29) is 0 Å². The summed E-state index contributed by atoms with van der Waals surface area (Å²) < 4.78 is 0. The van der Waals surface area contributed by atoms with Gasteiger partial charge in [0.25, 0.3) is 0 Å². The molecule has 0 fully saturated rings. The molecule has 1 N–H and O–H groups in total. The zero-order chi connectivity index (χ0) is 11.4. The van der Waals surface area contributed by atoms with Gasteiger partial charge in [-0.15, -0.1) is 0 Å². The van der Waals surface area contributed by atoms with Crippen molar-refractivity contribution in [3.8, 4) is 0 Å². The summed E-state index contributed by atoms with van der Waals surface area (Å²) in [5.74, 6) is 0.761. The van der Waals surface area contributed by atoms with E-state index < -0.39 is 0 Å². The second-order valence-electron chi connectivity index (χ2n) is 3.52. The highest BCUT2D eigenvalue weighted by molar-refractivity contribution is 6.29. The van der Waals surface area contributed by atoms with Gasteiger partial charge in [-0.05, 0) is 36.2 Å². The Morgan fingerprint density at radius 1 is 1.12 bits per heavy atom. The van der Waals surface area contributed by atoms with Crippen molar-refractivity contribution in [2.24, 2.45) is 0 Å². The third kappa shape index (κ3) is 2.74. The molecule has 0 saturated carbocycles. The number of rotatable bonds is 3. The predicted octanol–water partition coefficient (Wildman–Crippen LogP) is 4.04. The third-order valence-electron chi connectivity index (χ3n) is 2.35. The molecule has 82 valence electrons. The molecule has 0 saturated heterocycles. The molecule has 0 atom stereocenters. The van der Waals surface area contributed by atoms with E-state index in [2.05, 4.69) is 29.4 Å². The highest BCUT2D eigenvalue weighted by Crippen LogP contribution is 2.17. The van der Waals surface area contributed by atoms with Crippen LogP contribution in [0.25, 0.3) is 0 Å². The van der Waals surface area contributed by atoms with Gasteiger partial charge in [0.05, 0.1) is 0 Å². The molecule has 0 radical (unpaired) electrons. The number of pyridine rings is 1. The summed E-state index contributed by atoms with van der Waals surface area (Å²) in [4.78, 5) is 4.17. The van der Waals surface area contributed by atoms with Crippen molar-refractivity contribution in [3.05, 3.63) is 53.2 Å². The molecule has 1 heterocycles. The normalized spacial score (nSPS) is 10.1. The third-order valence-corrected chi connectivity index (χ3v) is 2.56. The smallest absolute Gasteiger partial charge is 0.132 e. The molecule has 0 amide bonds. The Morgan fingerprint density at radius 3 is 2.50 bits per heavy atom. The van der Waals surface area contributed by atoms with Crippen LogP contribution in [0.4, 0.5) is 11.5 Å². The van der Waals surface area contributed by atoms with E-state index in [0.717, 1.165) is 17.9 Å². The van der Waals surface area contributed by atoms with E-state index in [9.17, 15) is 0 Å². The molecule has 3 heteroatoms. The van der Waals surface area contributed by atoms with Gasteiger partial charge in [0.2, 0.25) is 0 Å². The first-order chi connectivity index (χ1) is 7.78. The van der Waals surface area contributed by atoms with Crippen molar-refractivity contribution in [2.45, 2.75) is 13.3 Å². The molecule has 1 aromatic carbocycles. The summed E-state index contributed by atoms with van der Waals surface area (Å²) in [6, 6.07) is 13.8. The molecule has 0 aliphatic rings. The van der Waals surface area contributed by atoms with E-state index in [0.29, 0.717) is 5.15 Å². The number of anilines is 2. The second-order valence-corrected chi connectivity index (χ2v) is 3.91. The van der Waals surface area contributed by atoms with Crippen LogP contribution in [0.3, 0.4) is 0 Å². The molecular weight excluding hydrogens is 220 g/mol. The van der Waals surface area contributed by atoms with Crippen LogP contribution in [0.5, 0.6) is 0 Å². The lowest BCUT2D eigenvalue weighted by Gasteiger charge is -2.06. The van der Waals surface area contributed by atoms with Gasteiger partial charge in [0, 0.05) is 5.69 Å². The minimum absolute atomic E-state index is 0.496. The summed E-state index contributed by atoms with van der Waals surface area (Å²) in [6.45, 7) is 2.14. The van der Waals surface area contributed by atoms with E-state index in [1.54, 1.807) is 6.07 Å². The van der Waals surface area contributed by atoms with Gasteiger partial charge in [-0.2, -0.15) is 0 Å². The van der Waals surface area contributed by atoms with Gasteiger partial charge in [-0.25, -0.2) is 4.98 Å². The van der Waals surface area contributed by atoms with Crippen LogP contribution in [-0.2, 0) is 6.42 Å². The van der Waals surface area contributed by atoms with Crippen molar-refractivity contribution in [1.29, 1.82) is 0 Å². The minimum Gasteiger partial charge on any atom is -0.340 e. The first kappa shape index (κ1) is 11.0. The zero-order valence-corrected chi connectivity index (χ0v) is 9.83. The van der Waals surface area contributed by atoms with E-state index in [1.807, 2.05) is 24.3 Å². The molecule has 0 unspecified atom stereocenters. The molecule has 2 nitrogen and oxygen atoms in total. The molecule has 0 bridgehead atoms. The number of aryl methyl sites for hydroxylation is 1. The Bertz CT molecular complexity index is 466. The molecule has 0 aliphatic carbocycles. The summed E-state index contributed by atoms with van der Waals surface area (Å²) in [6.07, 6.45) is 1.05. The second kappa shape index (κ2) is 4.99. The predicted molar refractivity (Wildman–Crippen MR) is 68.3 cm³/mol. The monoisotopic (exact) mass is 232 g/mol. The molecular formula is C13H13ClN2. The number of nitrogens with one attached hydrogen (secondary N) is 1. The van der Waals surface area contributed by atoms with E-state index in [4.69, 9.17) is 11.6 Å². The van der Waals surface area contributed by atoms with Gasteiger partial charge in [0.15, 0.2) is 0 Å². The van der Waals surface area contributed by atoms with Gasteiger partial charge in [-0.1, -0.05) is 36.7 Å². The van der Waals surface area contributed by atoms with Crippen LogP contribution in [0.15, 0.2) is 42.5 Å². The van der Waals surface area contributed by atoms with Crippen LogP contribution >= 0.6 is 11.6 Å². The number of benzene rings is 1. The number of halogens is 1. The molecule has 1 aromatic heterocycles. The van der Waals surface area contributed by atoms with Crippen LogP contribution in [0, 0.1) is 0 Å². The SMILES string of the molecule is CCc1ccc(Nc2cccc(Cl)n2)cc1. The topological polar surface area (TPSA) is 24.9 Å². The van der Waals surface area contributed by atoms with Gasteiger partial charge < -0.3 is 5.32 Å². The number of hydrogen-bond donors (Lipinski definition) is 1. The highest BCUT2D eigenvalue weighted by Gasteiger charge is 1.96. The Hall–Kier alpha value is -1.54. The summed E-state index contributed by atoms with van der Waals surface area (Å²) in [7, 11) is 0. The summed E-state index contributed by atoms with van der Waals surface area (Å²) in [5.41, 5.74) is 2.34. The average Bonchev–Trinajstić information content (AvgIpc) is 2.30. The average molecular weight is 233 g/mol. The van der Waals surface area contributed by atoms with Crippen LogP contribution in [0.1, 0.15) is 12.5 Å². The van der Waals surface area contributed by atoms with Gasteiger partial charge >= 0.3 is 0 Å². The standard InChI is InChI=1S/C13H13ClN2/c1-2-10-6-8-11(9-7-10)15-13-5-3-4-12(14)16-13/h3-9H,2H2,1H3,(H,15,16). The minimum atomic E-state index is 0.496. The van der Waals surface area contributed by atoms with Gasteiger partial charge in [0.1, 0.15) is 11.0 Å². The maximum atomic E-state index is 5.81.